The Morgan fingerprint density at radius 1 is 0.842 bits per heavy atom. The molecule has 0 spiro atoms. The molecule has 0 aromatic heterocycles. The number of hydrogen-bond acceptors (Lipinski definition) is 2. The second kappa shape index (κ2) is 7.88. The smallest absolute Gasteiger partial charge is 0.0625 e. The van der Waals surface area contributed by atoms with Gasteiger partial charge in [0.05, 0.1) is 5.69 Å². The molecular formula is C17H18N2. The molecule has 0 unspecified atom stereocenters. The number of hydrogen-bond donors (Lipinski definition) is 1. The first-order valence-corrected chi connectivity index (χ1v) is 6.46. The van der Waals surface area contributed by atoms with Crippen LogP contribution in [0, 0.1) is 0 Å². The summed E-state index contributed by atoms with van der Waals surface area (Å²) in [5.74, 6) is 0. The van der Waals surface area contributed by atoms with Gasteiger partial charge in [-0.2, -0.15) is 0 Å². The Labute approximate surface area is 114 Å². The number of anilines is 1. The molecule has 2 rings (SSSR count). The zero-order chi connectivity index (χ0) is 13.2. The van der Waals surface area contributed by atoms with E-state index in [1.807, 2.05) is 54.7 Å². The molecule has 2 aromatic rings. The second-order valence-corrected chi connectivity index (χ2v) is 4.10. The van der Waals surface area contributed by atoms with E-state index in [9.17, 15) is 0 Å². The number of aliphatic imine (C=N–C) groups is 1. The summed E-state index contributed by atoms with van der Waals surface area (Å²) in [6, 6.07) is 20.2. The molecule has 0 heterocycles. The summed E-state index contributed by atoms with van der Waals surface area (Å²) in [5.41, 5.74) is 2.14. The lowest BCUT2D eigenvalue weighted by Gasteiger charge is -2.01. The zero-order valence-corrected chi connectivity index (χ0v) is 10.9. The summed E-state index contributed by atoms with van der Waals surface area (Å²) in [6.07, 6.45) is 7.01. The summed E-state index contributed by atoms with van der Waals surface area (Å²) >= 11 is 0. The van der Waals surface area contributed by atoms with E-state index < -0.39 is 0 Å². The molecule has 0 bridgehead atoms. The monoisotopic (exact) mass is 250 g/mol. The van der Waals surface area contributed by atoms with Crippen molar-refractivity contribution in [1.29, 1.82) is 0 Å². The third-order valence-electron chi connectivity index (χ3n) is 2.60. The van der Waals surface area contributed by atoms with Crippen LogP contribution >= 0.6 is 0 Å². The fourth-order valence-corrected chi connectivity index (χ4v) is 1.65. The Morgan fingerprint density at radius 2 is 1.53 bits per heavy atom. The molecule has 0 saturated heterocycles. The van der Waals surface area contributed by atoms with E-state index in [2.05, 4.69) is 34.6 Å². The van der Waals surface area contributed by atoms with Crippen molar-refractivity contribution in [3.8, 4) is 0 Å². The van der Waals surface area contributed by atoms with Gasteiger partial charge in [-0.05, 0) is 24.3 Å². The first-order chi connectivity index (χ1) is 9.45. The number of rotatable bonds is 6. The average Bonchev–Trinajstić information content (AvgIpc) is 2.48. The van der Waals surface area contributed by atoms with Crippen LogP contribution in [0.4, 0.5) is 11.4 Å². The molecule has 0 saturated carbocycles. The second-order valence-electron chi connectivity index (χ2n) is 4.10. The molecule has 0 atom stereocenters. The molecule has 0 fully saturated rings. The average molecular weight is 250 g/mol. The van der Waals surface area contributed by atoms with E-state index in [0.717, 1.165) is 24.3 Å². The van der Waals surface area contributed by atoms with Crippen molar-refractivity contribution < 1.29 is 0 Å². The minimum Gasteiger partial charge on any atom is -0.382 e. The van der Waals surface area contributed by atoms with Gasteiger partial charge in [0.25, 0.3) is 0 Å². The third kappa shape index (κ3) is 5.21. The van der Waals surface area contributed by atoms with E-state index in [1.54, 1.807) is 0 Å². The molecule has 1 N–H and O–H groups in total. The zero-order valence-electron chi connectivity index (χ0n) is 10.9. The Hall–Kier alpha value is -2.35. The van der Waals surface area contributed by atoms with Crippen LogP contribution in [0.1, 0.15) is 6.42 Å². The highest BCUT2D eigenvalue weighted by Crippen LogP contribution is 2.08. The molecule has 0 aliphatic carbocycles. The lowest BCUT2D eigenvalue weighted by atomic mass is 10.3. The van der Waals surface area contributed by atoms with Gasteiger partial charge in [-0.3, -0.25) is 4.99 Å². The fraction of sp³-hybridized carbons (Fsp3) is 0.118. The summed E-state index contributed by atoms with van der Waals surface area (Å²) in [6.45, 7) is 0.836. The Morgan fingerprint density at radius 3 is 2.26 bits per heavy atom. The first kappa shape index (κ1) is 13.1. The van der Waals surface area contributed by atoms with Crippen LogP contribution in [0.3, 0.4) is 0 Å². The van der Waals surface area contributed by atoms with E-state index >= 15 is 0 Å². The van der Waals surface area contributed by atoms with Crippen LogP contribution in [0.5, 0.6) is 0 Å². The van der Waals surface area contributed by atoms with Crippen molar-refractivity contribution in [3.63, 3.8) is 0 Å². The topological polar surface area (TPSA) is 24.4 Å². The molecule has 0 aliphatic heterocycles. The SMILES string of the molecule is C(=CCNc1ccccc1)CC=Nc1ccccc1. The molecule has 0 amide bonds. The Kier molecular flexibility index (Phi) is 5.43. The van der Waals surface area contributed by atoms with Crippen molar-refractivity contribution >= 4 is 17.6 Å². The van der Waals surface area contributed by atoms with E-state index in [0.29, 0.717) is 0 Å². The minimum absolute atomic E-state index is 0.836. The van der Waals surface area contributed by atoms with Gasteiger partial charge in [0.15, 0.2) is 0 Å². The molecule has 0 aliphatic rings. The lowest BCUT2D eigenvalue weighted by molar-refractivity contribution is 1.31. The molecule has 19 heavy (non-hydrogen) atoms. The van der Waals surface area contributed by atoms with E-state index in [1.165, 1.54) is 0 Å². The van der Waals surface area contributed by atoms with Gasteiger partial charge in [-0.1, -0.05) is 48.6 Å². The first-order valence-electron chi connectivity index (χ1n) is 6.46. The van der Waals surface area contributed by atoms with Crippen molar-refractivity contribution in [2.45, 2.75) is 6.42 Å². The van der Waals surface area contributed by atoms with Gasteiger partial charge >= 0.3 is 0 Å². The standard InChI is InChI=1S/C17H18N2/c1-4-10-16(11-5-1)18-14-8-3-9-15-19-17-12-6-2-7-13-17/h1-8,10-13,15,18H,9,14H2. The van der Waals surface area contributed by atoms with Gasteiger partial charge in [0.2, 0.25) is 0 Å². The van der Waals surface area contributed by atoms with Crippen molar-refractivity contribution in [3.05, 3.63) is 72.8 Å². The van der Waals surface area contributed by atoms with Crippen LogP contribution in [0.25, 0.3) is 0 Å². The molecule has 2 aromatic carbocycles. The quantitative estimate of drug-likeness (QED) is 0.594. The third-order valence-corrected chi connectivity index (χ3v) is 2.60. The van der Waals surface area contributed by atoms with Crippen molar-refractivity contribution in [1.82, 2.24) is 0 Å². The minimum atomic E-state index is 0.836. The number of allylic oxidation sites excluding steroid dienone is 1. The van der Waals surface area contributed by atoms with E-state index in [4.69, 9.17) is 0 Å². The summed E-state index contributed by atoms with van der Waals surface area (Å²) in [7, 11) is 0. The van der Waals surface area contributed by atoms with Gasteiger partial charge < -0.3 is 5.32 Å². The van der Waals surface area contributed by atoms with Crippen LogP contribution in [0.2, 0.25) is 0 Å². The maximum Gasteiger partial charge on any atom is 0.0625 e. The van der Waals surface area contributed by atoms with Gasteiger partial charge in [0, 0.05) is 24.9 Å². The largest absolute Gasteiger partial charge is 0.382 e. The maximum absolute atomic E-state index is 4.37. The van der Waals surface area contributed by atoms with Gasteiger partial charge in [-0.15, -0.1) is 0 Å². The normalized spacial score (nSPS) is 11.2. The Balaban J connectivity index is 1.66. The lowest BCUT2D eigenvalue weighted by Crippen LogP contribution is -1.97. The summed E-state index contributed by atoms with van der Waals surface area (Å²) in [4.78, 5) is 4.37. The highest BCUT2D eigenvalue weighted by molar-refractivity contribution is 5.64. The van der Waals surface area contributed by atoms with Gasteiger partial charge in [-0.25, -0.2) is 0 Å². The van der Waals surface area contributed by atoms with Crippen LogP contribution < -0.4 is 5.32 Å². The summed E-state index contributed by atoms with van der Waals surface area (Å²) < 4.78 is 0. The number of nitrogens with one attached hydrogen (secondary N) is 1. The Bertz CT molecular complexity index is 515. The van der Waals surface area contributed by atoms with Crippen LogP contribution in [-0.4, -0.2) is 12.8 Å². The highest BCUT2D eigenvalue weighted by atomic mass is 14.8. The maximum atomic E-state index is 4.37. The predicted molar refractivity (Wildman–Crippen MR) is 83.3 cm³/mol. The van der Waals surface area contributed by atoms with Crippen LogP contribution in [-0.2, 0) is 0 Å². The highest BCUT2D eigenvalue weighted by Gasteiger charge is 1.85. The number of nitrogens with zero attached hydrogens (tertiary/aromatic N) is 1. The van der Waals surface area contributed by atoms with Crippen molar-refractivity contribution in [2.24, 2.45) is 4.99 Å². The number of para-hydroxylation sites is 2. The summed E-state index contributed by atoms with van der Waals surface area (Å²) in [5, 5.41) is 3.32. The molecule has 0 radical (unpaired) electrons. The van der Waals surface area contributed by atoms with Gasteiger partial charge in [0.1, 0.15) is 0 Å². The van der Waals surface area contributed by atoms with Crippen molar-refractivity contribution in [2.75, 3.05) is 11.9 Å². The molecule has 96 valence electrons. The van der Waals surface area contributed by atoms with Crippen LogP contribution in [0.15, 0.2) is 77.8 Å². The predicted octanol–water partition coefficient (Wildman–Crippen LogP) is 4.45. The number of benzene rings is 2. The molecular weight excluding hydrogens is 232 g/mol. The van der Waals surface area contributed by atoms with E-state index in [-0.39, 0.29) is 0 Å². The molecule has 2 nitrogen and oxygen atoms in total. The molecule has 2 heteroatoms. The fourth-order valence-electron chi connectivity index (χ4n) is 1.65.